The lowest BCUT2D eigenvalue weighted by Crippen LogP contribution is -2.27. The molecule has 2 N–H and O–H groups in total. The number of hydrogen-bond acceptors (Lipinski definition) is 3. The monoisotopic (exact) mass is 207 g/mol. The van der Waals surface area contributed by atoms with Crippen molar-refractivity contribution in [2.24, 2.45) is 0 Å². The summed E-state index contributed by atoms with van der Waals surface area (Å²) in [7, 11) is 0. The van der Waals surface area contributed by atoms with Gasteiger partial charge in [0, 0.05) is 25.3 Å². The highest BCUT2D eigenvalue weighted by Crippen LogP contribution is 1.96. The Balaban J connectivity index is 2.10. The molecular weight excluding hydrogens is 186 g/mol. The Labute approximate surface area is 92.3 Å². The fourth-order valence-electron chi connectivity index (χ4n) is 1.39. The van der Waals surface area contributed by atoms with Gasteiger partial charge in [0.15, 0.2) is 0 Å². The van der Waals surface area contributed by atoms with Crippen molar-refractivity contribution >= 4 is 0 Å². The molecule has 84 valence electrons. The summed E-state index contributed by atoms with van der Waals surface area (Å²) < 4.78 is 0. The number of rotatable bonds is 7. The third kappa shape index (κ3) is 5.50. The second kappa shape index (κ2) is 7.37. The van der Waals surface area contributed by atoms with E-state index >= 15 is 0 Å². The normalized spacial score (nSPS) is 10.5. The molecule has 0 aliphatic carbocycles. The average Bonchev–Trinajstić information content (AvgIpc) is 2.23. The van der Waals surface area contributed by atoms with E-state index in [-0.39, 0.29) is 0 Å². The van der Waals surface area contributed by atoms with Gasteiger partial charge in [-0.2, -0.15) is 0 Å². The van der Waals surface area contributed by atoms with Crippen LogP contribution in [0.25, 0.3) is 0 Å². The van der Waals surface area contributed by atoms with Gasteiger partial charge in [0.1, 0.15) is 0 Å². The maximum atomic E-state index is 4.42. The van der Waals surface area contributed by atoms with Gasteiger partial charge < -0.3 is 10.6 Å². The van der Waals surface area contributed by atoms with E-state index in [4.69, 9.17) is 0 Å². The Hall–Kier alpha value is -0.930. The van der Waals surface area contributed by atoms with Crippen molar-refractivity contribution in [3.63, 3.8) is 0 Å². The Bertz CT molecular complexity index is 273. The quantitative estimate of drug-likeness (QED) is 0.665. The molecule has 0 aromatic carbocycles. The molecule has 0 atom stereocenters. The van der Waals surface area contributed by atoms with Crippen LogP contribution < -0.4 is 10.6 Å². The topological polar surface area (TPSA) is 37.0 Å². The molecule has 0 aliphatic rings. The minimum Gasteiger partial charge on any atom is -0.315 e. The Morgan fingerprint density at radius 1 is 1.13 bits per heavy atom. The van der Waals surface area contributed by atoms with Crippen molar-refractivity contribution in [1.29, 1.82) is 0 Å². The zero-order valence-corrected chi connectivity index (χ0v) is 9.71. The van der Waals surface area contributed by atoms with Gasteiger partial charge in [-0.3, -0.25) is 4.98 Å². The van der Waals surface area contributed by atoms with Crippen molar-refractivity contribution in [1.82, 2.24) is 15.6 Å². The molecule has 3 nitrogen and oxygen atoms in total. The third-order valence-electron chi connectivity index (χ3n) is 2.16. The highest BCUT2D eigenvalue weighted by Gasteiger charge is 1.93. The number of aromatic nitrogens is 1. The Morgan fingerprint density at radius 3 is 2.67 bits per heavy atom. The van der Waals surface area contributed by atoms with Crippen molar-refractivity contribution in [3.05, 3.63) is 29.6 Å². The van der Waals surface area contributed by atoms with Crippen LogP contribution >= 0.6 is 0 Å². The zero-order chi connectivity index (χ0) is 10.9. The van der Waals surface area contributed by atoms with Crippen LogP contribution in [0.1, 0.15) is 24.7 Å². The Morgan fingerprint density at radius 2 is 1.93 bits per heavy atom. The molecule has 0 spiro atoms. The van der Waals surface area contributed by atoms with E-state index in [0.717, 1.165) is 37.6 Å². The summed E-state index contributed by atoms with van der Waals surface area (Å²) in [5.74, 6) is 0. The summed E-state index contributed by atoms with van der Waals surface area (Å²) in [5, 5.41) is 6.71. The summed E-state index contributed by atoms with van der Waals surface area (Å²) in [6.45, 7) is 8.18. The maximum absolute atomic E-state index is 4.42. The maximum Gasteiger partial charge on any atom is 0.0544 e. The van der Waals surface area contributed by atoms with Gasteiger partial charge in [0.05, 0.1) is 5.69 Å². The van der Waals surface area contributed by atoms with Gasteiger partial charge in [-0.05, 0) is 32.0 Å². The molecule has 0 saturated heterocycles. The second-order valence-electron chi connectivity index (χ2n) is 3.70. The van der Waals surface area contributed by atoms with E-state index in [1.807, 2.05) is 13.0 Å². The smallest absolute Gasteiger partial charge is 0.0544 e. The number of pyridine rings is 1. The van der Waals surface area contributed by atoms with Gasteiger partial charge in [0.2, 0.25) is 0 Å². The highest BCUT2D eigenvalue weighted by atomic mass is 14.9. The molecule has 0 bridgehead atoms. The number of hydrogen-bond donors (Lipinski definition) is 2. The first-order valence-electron chi connectivity index (χ1n) is 5.67. The summed E-state index contributed by atoms with van der Waals surface area (Å²) >= 11 is 0. The van der Waals surface area contributed by atoms with Crippen LogP contribution in [-0.4, -0.2) is 24.6 Å². The van der Waals surface area contributed by atoms with Crippen molar-refractivity contribution in [3.8, 4) is 0 Å². The molecule has 0 amide bonds. The minimum absolute atomic E-state index is 0.857. The molecule has 1 rings (SSSR count). The van der Waals surface area contributed by atoms with Gasteiger partial charge in [-0.15, -0.1) is 0 Å². The predicted octanol–water partition coefficient (Wildman–Crippen LogP) is 1.48. The number of aryl methyl sites for hydroxylation is 1. The minimum atomic E-state index is 0.857. The molecule has 0 radical (unpaired) electrons. The number of nitrogens with one attached hydrogen (secondary N) is 2. The van der Waals surface area contributed by atoms with Gasteiger partial charge >= 0.3 is 0 Å². The molecule has 0 unspecified atom stereocenters. The number of nitrogens with zero attached hydrogens (tertiary/aromatic N) is 1. The predicted molar refractivity (Wildman–Crippen MR) is 63.8 cm³/mol. The Kier molecular flexibility index (Phi) is 5.97. The third-order valence-corrected chi connectivity index (χ3v) is 2.16. The summed E-state index contributed by atoms with van der Waals surface area (Å²) in [6.07, 6.45) is 1.19. The molecule has 1 aromatic rings. The van der Waals surface area contributed by atoms with E-state index in [0.29, 0.717) is 0 Å². The van der Waals surface area contributed by atoms with Gasteiger partial charge in [-0.1, -0.05) is 13.0 Å². The molecule has 1 heterocycles. The van der Waals surface area contributed by atoms with Gasteiger partial charge in [-0.25, -0.2) is 0 Å². The van der Waals surface area contributed by atoms with E-state index in [2.05, 4.69) is 34.7 Å². The van der Waals surface area contributed by atoms with Crippen LogP contribution in [0.2, 0.25) is 0 Å². The fraction of sp³-hybridized carbons (Fsp3) is 0.583. The van der Waals surface area contributed by atoms with Crippen molar-refractivity contribution < 1.29 is 0 Å². The standard InChI is InChI=1S/C12H21N3/c1-3-7-13-8-9-14-10-12-6-4-5-11(2)15-12/h4-6,13-14H,3,7-10H2,1-2H3. The van der Waals surface area contributed by atoms with Crippen LogP contribution in [-0.2, 0) is 6.54 Å². The van der Waals surface area contributed by atoms with E-state index < -0.39 is 0 Å². The summed E-state index contributed by atoms with van der Waals surface area (Å²) in [5.41, 5.74) is 2.20. The lowest BCUT2D eigenvalue weighted by atomic mass is 10.3. The van der Waals surface area contributed by atoms with E-state index in [1.165, 1.54) is 6.42 Å². The largest absolute Gasteiger partial charge is 0.315 e. The first kappa shape index (κ1) is 12.1. The molecule has 1 aromatic heterocycles. The van der Waals surface area contributed by atoms with Gasteiger partial charge in [0.25, 0.3) is 0 Å². The van der Waals surface area contributed by atoms with Crippen LogP contribution in [0.4, 0.5) is 0 Å². The first-order chi connectivity index (χ1) is 7.33. The summed E-state index contributed by atoms with van der Waals surface area (Å²) in [4.78, 5) is 4.42. The summed E-state index contributed by atoms with van der Waals surface area (Å²) in [6, 6.07) is 6.13. The van der Waals surface area contributed by atoms with Crippen molar-refractivity contribution in [2.45, 2.75) is 26.8 Å². The van der Waals surface area contributed by atoms with Crippen LogP contribution in [0.5, 0.6) is 0 Å². The molecule has 0 aliphatic heterocycles. The molecule has 0 saturated carbocycles. The van der Waals surface area contributed by atoms with Crippen molar-refractivity contribution in [2.75, 3.05) is 19.6 Å². The average molecular weight is 207 g/mol. The van der Waals surface area contributed by atoms with E-state index in [9.17, 15) is 0 Å². The molecule has 15 heavy (non-hydrogen) atoms. The molecule has 0 fully saturated rings. The lowest BCUT2D eigenvalue weighted by Gasteiger charge is -2.05. The highest BCUT2D eigenvalue weighted by molar-refractivity contribution is 5.09. The SMILES string of the molecule is CCCNCCNCc1cccc(C)n1. The van der Waals surface area contributed by atoms with Crippen LogP contribution in [0, 0.1) is 6.92 Å². The van der Waals surface area contributed by atoms with Crippen LogP contribution in [0.3, 0.4) is 0 Å². The first-order valence-corrected chi connectivity index (χ1v) is 5.67. The zero-order valence-electron chi connectivity index (χ0n) is 9.71. The lowest BCUT2D eigenvalue weighted by molar-refractivity contribution is 0.602. The molecular formula is C12H21N3. The molecule has 3 heteroatoms. The van der Waals surface area contributed by atoms with Crippen LogP contribution in [0.15, 0.2) is 18.2 Å². The second-order valence-corrected chi connectivity index (χ2v) is 3.70. The van der Waals surface area contributed by atoms with E-state index in [1.54, 1.807) is 0 Å². The fourth-order valence-corrected chi connectivity index (χ4v) is 1.39.